The fraction of sp³-hybridized carbons (Fsp3) is 0.500. The van der Waals surface area contributed by atoms with Gasteiger partial charge in [-0.25, -0.2) is 0 Å². The van der Waals surface area contributed by atoms with Gasteiger partial charge in [0.15, 0.2) is 0 Å². The van der Waals surface area contributed by atoms with E-state index in [1.807, 2.05) is 0 Å². The molecule has 0 saturated heterocycles. The van der Waals surface area contributed by atoms with Crippen LogP contribution in [-0.2, 0) is 6.42 Å². The summed E-state index contributed by atoms with van der Waals surface area (Å²) in [4.78, 5) is 0. The first kappa shape index (κ1) is 19.5. The molecule has 2 aromatic carbocycles. The molecule has 0 heterocycles. The Morgan fingerprint density at radius 1 is 0.964 bits per heavy atom. The van der Waals surface area contributed by atoms with E-state index in [4.69, 9.17) is 0 Å². The van der Waals surface area contributed by atoms with Crippen molar-refractivity contribution >= 4 is 5.57 Å². The largest absolute Gasteiger partial charge is 0.0946 e. The van der Waals surface area contributed by atoms with Crippen LogP contribution in [0, 0.1) is 5.92 Å². The molecule has 0 nitrogen and oxygen atoms in total. The lowest BCUT2D eigenvalue weighted by Crippen LogP contribution is -2.17. The Bertz CT molecular complexity index is 850. The summed E-state index contributed by atoms with van der Waals surface area (Å²) in [5, 5.41) is 0. The first-order chi connectivity index (χ1) is 13.6. The lowest BCUT2D eigenvalue weighted by atomic mass is 9.69. The maximum atomic E-state index is 4.68. The van der Waals surface area contributed by atoms with Crippen LogP contribution in [-0.4, -0.2) is 0 Å². The van der Waals surface area contributed by atoms with E-state index in [0.29, 0.717) is 11.8 Å². The molecule has 1 saturated carbocycles. The molecule has 0 spiro atoms. The molecule has 2 aromatic rings. The van der Waals surface area contributed by atoms with E-state index in [2.05, 4.69) is 63.7 Å². The minimum Gasteiger partial charge on any atom is -0.0946 e. The van der Waals surface area contributed by atoms with Crippen molar-refractivity contribution in [2.45, 2.75) is 84.0 Å². The van der Waals surface area contributed by atoms with Crippen molar-refractivity contribution in [1.29, 1.82) is 0 Å². The second-order valence-electron chi connectivity index (χ2n) is 9.17. The summed E-state index contributed by atoms with van der Waals surface area (Å²) >= 11 is 0. The van der Waals surface area contributed by atoms with E-state index in [1.54, 1.807) is 5.56 Å². The molecule has 28 heavy (non-hydrogen) atoms. The number of unbranched alkanes of at least 4 members (excludes halogenated alkanes) is 1. The third-order valence-electron chi connectivity index (χ3n) is 7.35. The summed E-state index contributed by atoms with van der Waals surface area (Å²) in [6.07, 6.45) is 10.5. The Hall–Kier alpha value is -1.82. The molecule has 0 aliphatic heterocycles. The Labute approximate surface area is 172 Å². The monoisotopic (exact) mass is 372 g/mol. The van der Waals surface area contributed by atoms with Gasteiger partial charge in [0.2, 0.25) is 0 Å². The van der Waals surface area contributed by atoms with Crippen molar-refractivity contribution in [3.05, 3.63) is 65.2 Å². The van der Waals surface area contributed by atoms with Crippen LogP contribution in [0.5, 0.6) is 0 Å². The molecule has 4 rings (SSSR count). The zero-order chi connectivity index (χ0) is 19.7. The molecular weight excluding hydrogens is 336 g/mol. The Kier molecular flexibility index (Phi) is 5.76. The van der Waals surface area contributed by atoms with E-state index < -0.39 is 0 Å². The number of hydrogen-bond acceptors (Lipinski definition) is 0. The zero-order valence-electron chi connectivity index (χ0n) is 18.1. The average molecular weight is 373 g/mol. The number of benzene rings is 2. The molecule has 0 radical (unpaired) electrons. The number of aryl methyl sites for hydroxylation is 1. The van der Waals surface area contributed by atoms with Gasteiger partial charge < -0.3 is 0 Å². The summed E-state index contributed by atoms with van der Waals surface area (Å²) in [6, 6.07) is 14.5. The second kappa shape index (κ2) is 8.27. The number of allylic oxidation sites excluding steroid dienone is 1. The summed E-state index contributed by atoms with van der Waals surface area (Å²) in [5.74, 6) is 1.92. The van der Waals surface area contributed by atoms with Gasteiger partial charge >= 0.3 is 0 Å². The Morgan fingerprint density at radius 3 is 2.43 bits per heavy atom. The van der Waals surface area contributed by atoms with E-state index in [1.165, 1.54) is 78.3 Å². The lowest BCUT2D eigenvalue weighted by molar-refractivity contribution is 0.502. The van der Waals surface area contributed by atoms with Crippen molar-refractivity contribution in [1.82, 2.24) is 0 Å². The fourth-order valence-corrected chi connectivity index (χ4v) is 5.56. The molecule has 1 fully saturated rings. The van der Waals surface area contributed by atoms with Crippen LogP contribution in [0.15, 0.2) is 43.0 Å². The molecule has 0 heteroatoms. The van der Waals surface area contributed by atoms with Crippen LogP contribution in [0.1, 0.15) is 99.8 Å². The summed E-state index contributed by atoms with van der Waals surface area (Å²) in [6.45, 7) is 11.6. The molecule has 2 atom stereocenters. The Balaban J connectivity index is 1.82. The second-order valence-corrected chi connectivity index (χ2v) is 9.17. The maximum Gasteiger partial charge on any atom is 0.0124 e. The van der Waals surface area contributed by atoms with Crippen molar-refractivity contribution in [2.24, 2.45) is 5.92 Å². The number of fused-ring (bicyclic) bond motifs is 3. The van der Waals surface area contributed by atoms with Gasteiger partial charge in [-0.3, -0.25) is 0 Å². The van der Waals surface area contributed by atoms with Gasteiger partial charge in [0.05, 0.1) is 0 Å². The Morgan fingerprint density at radius 2 is 1.71 bits per heavy atom. The highest BCUT2D eigenvalue weighted by Crippen LogP contribution is 2.53. The van der Waals surface area contributed by atoms with Gasteiger partial charge in [-0.1, -0.05) is 89.4 Å². The van der Waals surface area contributed by atoms with Crippen molar-refractivity contribution in [2.75, 3.05) is 0 Å². The molecule has 2 aliphatic carbocycles. The maximum absolute atomic E-state index is 4.68. The third-order valence-corrected chi connectivity index (χ3v) is 7.35. The molecule has 2 aliphatic rings. The highest BCUT2D eigenvalue weighted by atomic mass is 14.4. The van der Waals surface area contributed by atoms with Gasteiger partial charge in [-0.15, -0.1) is 0 Å². The van der Waals surface area contributed by atoms with E-state index in [9.17, 15) is 0 Å². The third kappa shape index (κ3) is 3.47. The highest BCUT2D eigenvalue weighted by Gasteiger charge is 2.35. The van der Waals surface area contributed by atoms with Gasteiger partial charge in [0, 0.05) is 5.92 Å². The molecule has 0 amide bonds. The molecule has 0 N–H and O–H groups in total. The SMILES string of the molecule is C=C1c2cc(CC)ccc2-c2ccc(C(C)CCCC)cc2C1C1CCCC1. The number of hydrogen-bond donors (Lipinski definition) is 0. The molecule has 0 bridgehead atoms. The van der Waals surface area contributed by atoms with Gasteiger partial charge in [0.1, 0.15) is 0 Å². The quantitative estimate of drug-likeness (QED) is 0.476. The van der Waals surface area contributed by atoms with Crippen LogP contribution < -0.4 is 0 Å². The first-order valence-electron chi connectivity index (χ1n) is 11.6. The lowest BCUT2D eigenvalue weighted by Gasteiger charge is -2.35. The number of rotatable bonds is 6. The molecule has 148 valence electrons. The van der Waals surface area contributed by atoms with Crippen molar-refractivity contribution in [3.8, 4) is 11.1 Å². The van der Waals surface area contributed by atoms with E-state index >= 15 is 0 Å². The van der Waals surface area contributed by atoms with Crippen LogP contribution in [0.2, 0.25) is 0 Å². The average Bonchev–Trinajstić information content (AvgIpc) is 3.25. The topological polar surface area (TPSA) is 0 Å². The molecular formula is C28H36. The fourth-order valence-electron chi connectivity index (χ4n) is 5.56. The zero-order valence-corrected chi connectivity index (χ0v) is 18.1. The van der Waals surface area contributed by atoms with Crippen molar-refractivity contribution < 1.29 is 0 Å². The summed E-state index contributed by atoms with van der Waals surface area (Å²) in [7, 11) is 0. The minimum atomic E-state index is 0.510. The van der Waals surface area contributed by atoms with Crippen molar-refractivity contribution in [3.63, 3.8) is 0 Å². The van der Waals surface area contributed by atoms with Gasteiger partial charge in [-0.2, -0.15) is 0 Å². The van der Waals surface area contributed by atoms with Crippen LogP contribution in [0.4, 0.5) is 0 Å². The van der Waals surface area contributed by atoms with Crippen LogP contribution in [0.25, 0.3) is 16.7 Å². The summed E-state index contributed by atoms with van der Waals surface area (Å²) in [5.41, 5.74) is 10.2. The summed E-state index contributed by atoms with van der Waals surface area (Å²) < 4.78 is 0. The van der Waals surface area contributed by atoms with Crippen LogP contribution >= 0.6 is 0 Å². The van der Waals surface area contributed by atoms with Gasteiger partial charge in [0.25, 0.3) is 0 Å². The van der Waals surface area contributed by atoms with E-state index in [-0.39, 0.29) is 0 Å². The molecule has 2 unspecified atom stereocenters. The van der Waals surface area contributed by atoms with Crippen LogP contribution in [0.3, 0.4) is 0 Å². The molecule has 0 aromatic heterocycles. The predicted molar refractivity (Wildman–Crippen MR) is 123 cm³/mol. The smallest absolute Gasteiger partial charge is 0.0124 e. The van der Waals surface area contributed by atoms with E-state index in [0.717, 1.165) is 12.3 Å². The van der Waals surface area contributed by atoms with Gasteiger partial charge in [-0.05, 0) is 76.5 Å². The first-order valence-corrected chi connectivity index (χ1v) is 11.6. The minimum absolute atomic E-state index is 0.510. The normalized spacial score (nSPS) is 20.1. The predicted octanol–water partition coefficient (Wildman–Crippen LogP) is 8.51. The standard InChI is InChI=1S/C28H36/c1-5-7-10-19(3)23-14-16-25-24-15-13-21(6-2)17-26(24)20(4)28(27(25)18-23)22-11-8-9-12-22/h13-19,22,28H,4-12H2,1-3H3. The highest BCUT2D eigenvalue weighted by molar-refractivity contribution is 5.90.